The zero-order chi connectivity index (χ0) is 13.8. The van der Waals surface area contributed by atoms with Crippen LogP contribution in [0.4, 0.5) is 0 Å². The number of ether oxygens (including phenoxy) is 1. The van der Waals surface area contributed by atoms with Gasteiger partial charge in [-0.25, -0.2) is 0 Å². The number of amides is 1. The topological polar surface area (TPSA) is 70.7 Å². The Kier molecular flexibility index (Phi) is 5.10. The summed E-state index contributed by atoms with van der Waals surface area (Å²) in [7, 11) is 1.60. The van der Waals surface area contributed by atoms with Gasteiger partial charge in [-0.2, -0.15) is 0 Å². The van der Waals surface area contributed by atoms with Gasteiger partial charge in [-0.1, -0.05) is 0 Å². The van der Waals surface area contributed by atoms with Crippen LogP contribution in [0.15, 0.2) is 0 Å². The maximum atomic E-state index is 11.8. The summed E-state index contributed by atoms with van der Waals surface area (Å²) in [5, 5.41) is 5.76. The van der Waals surface area contributed by atoms with Crippen LogP contribution in [0.2, 0.25) is 0 Å². The second-order valence-corrected chi connectivity index (χ2v) is 5.39. The highest BCUT2D eigenvalue weighted by atomic mass is 16.6. The molecule has 1 saturated heterocycles. The molecule has 0 bridgehead atoms. The standard InChI is InChI=1S/C12H23N3O3/c1-12(2,3)18-10(16)8-15-6-5-14-7-9(15)11(17)13-4/h9,14H,5-8H2,1-4H3,(H,13,17). The molecule has 0 aromatic heterocycles. The number of carbonyl (C=O) groups excluding carboxylic acids is 2. The minimum atomic E-state index is -0.492. The second kappa shape index (κ2) is 6.15. The highest BCUT2D eigenvalue weighted by Crippen LogP contribution is 2.09. The third-order valence-electron chi connectivity index (χ3n) is 2.66. The van der Waals surface area contributed by atoms with Crippen molar-refractivity contribution in [1.82, 2.24) is 15.5 Å². The number of esters is 1. The molecule has 0 spiro atoms. The molecule has 2 N–H and O–H groups in total. The predicted molar refractivity (Wildman–Crippen MR) is 68.1 cm³/mol. The minimum absolute atomic E-state index is 0.0780. The number of carbonyl (C=O) groups is 2. The smallest absolute Gasteiger partial charge is 0.320 e. The Hall–Kier alpha value is -1.14. The first-order valence-electron chi connectivity index (χ1n) is 6.21. The van der Waals surface area contributed by atoms with Gasteiger partial charge in [-0.15, -0.1) is 0 Å². The Morgan fingerprint density at radius 2 is 2.11 bits per heavy atom. The molecule has 1 fully saturated rings. The van der Waals surface area contributed by atoms with E-state index in [1.807, 2.05) is 25.7 Å². The Morgan fingerprint density at radius 3 is 2.67 bits per heavy atom. The maximum Gasteiger partial charge on any atom is 0.320 e. The molecule has 104 valence electrons. The molecule has 6 heteroatoms. The van der Waals surface area contributed by atoms with Crippen molar-refractivity contribution >= 4 is 11.9 Å². The minimum Gasteiger partial charge on any atom is -0.459 e. The van der Waals surface area contributed by atoms with Crippen molar-refractivity contribution in [2.75, 3.05) is 33.2 Å². The molecule has 1 unspecified atom stereocenters. The molecular weight excluding hydrogens is 234 g/mol. The van der Waals surface area contributed by atoms with E-state index in [0.29, 0.717) is 13.1 Å². The van der Waals surface area contributed by atoms with Crippen LogP contribution in [0.5, 0.6) is 0 Å². The number of piperazine rings is 1. The Bertz CT molecular complexity index is 312. The molecule has 0 saturated carbocycles. The van der Waals surface area contributed by atoms with Gasteiger partial charge in [0.15, 0.2) is 0 Å². The third kappa shape index (κ3) is 4.62. The molecule has 0 aliphatic carbocycles. The van der Waals surface area contributed by atoms with Gasteiger partial charge in [0, 0.05) is 26.7 Å². The van der Waals surface area contributed by atoms with Gasteiger partial charge >= 0.3 is 5.97 Å². The van der Waals surface area contributed by atoms with E-state index in [1.165, 1.54) is 0 Å². The van der Waals surface area contributed by atoms with Crippen LogP contribution in [-0.4, -0.2) is 61.6 Å². The van der Waals surface area contributed by atoms with E-state index < -0.39 is 5.60 Å². The van der Waals surface area contributed by atoms with Gasteiger partial charge < -0.3 is 15.4 Å². The van der Waals surface area contributed by atoms with Crippen molar-refractivity contribution in [2.45, 2.75) is 32.4 Å². The second-order valence-electron chi connectivity index (χ2n) is 5.39. The molecule has 1 heterocycles. The molecule has 1 aliphatic heterocycles. The number of likely N-dealkylation sites (N-methyl/N-ethyl adjacent to an activating group) is 1. The lowest BCUT2D eigenvalue weighted by Crippen LogP contribution is -2.58. The summed E-state index contributed by atoms with van der Waals surface area (Å²) < 4.78 is 5.27. The van der Waals surface area contributed by atoms with Crippen LogP contribution in [0.3, 0.4) is 0 Å². The van der Waals surface area contributed by atoms with Crippen LogP contribution in [0, 0.1) is 0 Å². The van der Waals surface area contributed by atoms with Crippen LogP contribution < -0.4 is 10.6 Å². The van der Waals surface area contributed by atoms with Crippen molar-refractivity contribution < 1.29 is 14.3 Å². The lowest BCUT2D eigenvalue weighted by molar-refractivity contribution is -0.157. The molecule has 18 heavy (non-hydrogen) atoms. The van der Waals surface area contributed by atoms with Crippen molar-refractivity contribution in [1.29, 1.82) is 0 Å². The highest BCUT2D eigenvalue weighted by molar-refractivity contribution is 5.82. The van der Waals surface area contributed by atoms with Gasteiger partial charge in [0.05, 0.1) is 6.54 Å². The molecule has 0 aromatic carbocycles. The van der Waals surface area contributed by atoms with Crippen LogP contribution in [0.1, 0.15) is 20.8 Å². The van der Waals surface area contributed by atoms with E-state index in [9.17, 15) is 9.59 Å². The fraction of sp³-hybridized carbons (Fsp3) is 0.833. The Balaban J connectivity index is 2.57. The molecule has 0 radical (unpaired) electrons. The number of nitrogens with one attached hydrogen (secondary N) is 2. The predicted octanol–water partition coefficient (Wildman–Crippen LogP) is -0.652. The van der Waals surface area contributed by atoms with E-state index in [4.69, 9.17) is 4.74 Å². The SMILES string of the molecule is CNC(=O)C1CNCCN1CC(=O)OC(C)(C)C. The summed E-state index contributed by atoms with van der Waals surface area (Å²) in [5.41, 5.74) is -0.492. The summed E-state index contributed by atoms with van der Waals surface area (Å²) in [6.45, 7) is 7.64. The molecular formula is C12H23N3O3. The Morgan fingerprint density at radius 1 is 1.44 bits per heavy atom. The first-order valence-corrected chi connectivity index (χ1v) is 6.21. The molecule has 1 aliphatic rings. The van der Waals surface area contributed by atoms with Gasteiger partial charge in [0.2, 0.25) is 5.91 Å². The zero-order valence-electron chi connectivity index (χ0n) is 11.6. The number of rotatable bonds is 3. The van der Waals surface area contributed by atoms with E-state index in [1.54, 1.807) is 7.05 Å². The number of hydrogen-bond donors (Lipinski definition) is 2. The van der Waals surface area contributed by atoms with E-state index in [2.05, 4.69) is 10.6 Å². The average molecular weight is 257 g/mol. The summed E-state index contributed by atoms with van der Waals surface area (Å²) in [6, 6.07) is -0.309. The van der Waals surface area contributed by atoms with Crippen molar-refractivity contribution in [2.24, 2.45) is 0 Å². The van der Waals surface area contributed by atoms with E-state index in [0.717, 1.165) is 6.54 Å². The quantitative estimate of drug-likeness (QED) is 0.657. The maximum absolute atomic E-state index is 11.8. The van der Waals surface area contributed by atoms with Crippen LogP contribution in [-0.2, 0) is 14.3 Å². The van der Waals surface area contributed by atoms with E-state index >= 15 is 0 Å². The summed E-state index contributed by atoms with van der Waals surface area (Å²) in [4.78, 5) is 25.3. The molecule has 1 atom stereocenters. The van der Waals surface area contributed by atoms with Crippen LogP contribution >= 0.6 is 0 Å². The van der Waals surface area contributed by atoms with E-state index in [-0.39, 0.29) is 24.5 Å². The fourth-order valence-electron chi connectivity index (χ4n) is 1.90. The first kappa shape index (κ1) is 14.9. The van der Waals surface area contributed by atoms with Gasteiger partial charge in [0.25, 0.3) is 0 Å². The lowest BCUT2D eigenvalue weighted by Gasteiger charge is -2.34. The molecule has 1 amide bonds. The molecule has 0 aromatic rings. The fourth-order valence-corrected chi connectivity index (χ4v) is 1.90. The van der Waals surface area contributed by atoms with Gasteiger partial charge in [0.1, 0.15) is 11.6 Å². The zero-order valence-corrected chi connectivity index (χ0v) is 11.6. The number of nitrogens with zero attached hydrogens (tertiary/aromatic N) is 1. The normalized spacial score (nSPS) is 21.4. The summed E-state index contributed by atoms with van der Waals surface area (Å²) >= 11 is 0. The van der Waals surface area contributed by atoms with Gasteiger partial charge in [-0.05, 0) is 20.8 Å². The van der Waals surface area contributed by atoms with Crippen LogP contribution in [0.25, 0.3) is 0 Å². The molecule has 6 nitrogen and oxygen atoms in total. The monoisotopic (exact) mass is 257 g/mol. The summed E-state index contributed by atoms with van der Waals surface area (Å²) in [6.07, 6.45) is 0. The third-order valence-corrected chi connectivity index (χ3v) is 2.66. The Labute approximate surface area is 108 Å². The first-order chi connectivity index (χ1) is 8.33. The molecule has 1 rings (SSSR count). The summed E-state index contributed by atoms with van der Waals surface area (Å²) in [5.74, 6) is -0.371. The largest absolute Gasteiger partial charge is 0.459 e. The van der Waals surface area contributed by atoms with Gasteiger partial charge in [-0.3, -0.25) is 14.5 Å². The van der Waals surface area contributed by atoms with Crippen molar-refractivity contribution in [3.63, 3.8) is 0 Å². The van der Waals surface area contributed by atoms with Crippen molar-refractivity contribution in [3.05, 3.63) is 0 Å². The average Bonchev–Trinajstić information content (AvgIpc) is 2.26. The number of hydrogen-bond acceptors (Lipinski definition) is 5. The lowest BCUT2D eigenvalue weighted by atomic mass is 10.1. The van der Waals surface area contributed by atoms with Crippen molar-refractivity contribution in [3.8, 4) is 0 Å². The highest BCUT2D eigenvalue weighted by Gasteiger charge is 2.30.